The smallest absolute Gasteiger partial charge is 0.360 e. The molecule has 1 aliphatic carbocycles. The highest BCUT2D eigenvalue weighted by Crippen LogP contribution is 2.36. The molecule has 0 amide bonds. The average Bonchev–Trinajstić information content (AvgIpc) is 2.91. The second kappa shape index (κ2) is 7.07. The van der Waals surface area contributed by atoms with Gasteiger partial charge in [0.25, 0.3) is 0 Å². The molecule has 0 bridgehead atoms. The molecule has 0 N–H and O–H groups in total. The lowest BCUT2D eigenvalue weighted by molar-refractivity contribution is 0.0518. The Morgan fingerprint density at radius 1 is 1.40 bits per heavy atom. The number of nitrogens with zero attached hydrogens (tertiary/aromatic N) is 3. The third-order valence-electron chi connectivity index (χ3n) is 4.09. The van der Waals surface area contributed by atoms with E-state index >= 15 is 0 Å². The molecule has 1 aliphatic rings. The summed E-state index contributed by atoms with van der Waals surface area (Å²) >= 11 is 6.02. The Balaban J connectivity index is 2.29. The Kier molecular flexibility index (Phi) is 5.40. The zero-order valence-electron chi connectivity index (χ0n) is 12.1. The number of alkyl halides is 1. The predicted molar refractivity (Wildman–Crippen MR) is 76.8 cm³/mol. The van der Waals surface area contributed by atoms with Gasteiger partial charge in [0.05, 0.1) is 24.2 Å². The van der Waals surface area contributed by atoms with Crippen LogP contribution in [0.4, 0.5) is 0 Å². The van der Waals surface area contributed by atoms with Gasteiger partial charge >= 0.3 is 5.97 Å². The summed E-state index contributed by atoms with van der Waals surface area (Å²) in [6, 6.07) is 0.304. The van der Waals surface area contributed by atoms with E-state index in [1.165, 1.54) is 19.3 Å². The molecular formula is C14H22ClN3O2. The van der Waals surface area contributed by atoms with Crippen molar-refractivity contribution in [3.8, 4) is 0 Å². The van der Waals surface area contributed by atoms with Crippen molar-refractivity contribution in [3.05, 3.63) is 11.4 Å². The van der Waals surface area contributed by atoms with Crippen molar-refractivity contribution in [2.75, 3.05) is 6.61 Å². The molecule has 1 saturated carbocycles. The summed E-state index contributed by atoms with van der Waals surface area (Å²) < 4.78 is 6.88. The lowest BCUT2D eigenvalue weighted by Crippen LogP contribution is -2.25. The lowest BCUT2D eigenvalue weighted by atomic mass is 9.83. The normalized spacial score (nSPS) is 22.8. The molecule has 2 atom stereocenters. The van der Waals surface area contributed by atoms with E-state index in [0.29, 0.717) is 24.3 Å². The van der Waals surface area contributed by atoms with Gasteiger partial charge < -0.3 is 4.74 Å². The van der Waals surface area contributed by atoms with E-state index in [1.807, 2.05) is 4.68 Å². The summed E-state index contributed by atoms with van der Waals surface area (Å²) in [7, 11) is 0. The maximum atomic E-state index is 11.9. The number of ether oxygens (including phenoxy) is 1. The van der Waals surface area contributed by atoms with Gasteiger partial charge in [0.2, 0.25) is 0 Å². The maximum Gasteiger partial charge on any atom is 0.360 e. The van der Waals surface area contributed by atoms with Crippen LogP contribution in [0.15, 0.2) is 0 Å². The molecule has 0 aliphatic heterocycles. The number of halogens is 1. The summed E-state index contributed by atoms with van der Waals surface area (Å²) in [5, 5.41) is 8.20. The highest BCUT2D eigenvalue weighted by atomic mass is 35.5. The molecule has 1 aromatic heterocycles. The van der Waals surface area contributed by atoms with Gasteiger partial charge in [-0.25, -0.2) is 9.48 Å². The number of rotatable bonds is 5. The van der Waals surface area contributed by atoms with Gasteiger partial charge in [0.15, 0.2) is 5.69 Å². The minimum atomic E-state index is -0.432. The van der Waals surface area contributed by atoms with E-state index in [1.54, 1.807) is 6.92 Å². The third-order valence-corrected chi connectivity index (χ3v) is 4.35. The summed E-state index contributed by atoms with van der Waals surface area (Å²) in [5.41, 5.74) is 0.956. The fourth-order valence-corrected chi connectivity index (χ4v) is 3.30. The van der Waals surface area contributed by atoms with Gasteiger partial charge in [-0.15, -0.1) is 16.7 Å². The quantitative estimate of drug-likeness (QED) is 0.618. The highest BCUT2D eigenvalue weighted by Gasteiger charge is 2.30. The van der Waals surface area contributed by atoms with Crippen LogP contribution in [0.25, 0.3) is 0 Å². The molecule has 5 nitrogen and oxygen atoms in total. The number of carbonyl (C=O) groups excluding carboxylic acids is 1. The van der Waals surface area contributed by atoms with E-state index in [2.05, 4.69) is 17.2 Å². The molecule has 0 aromatic carbocycles. The fourth-order valence-electron chi connectivity index (χ4n) is 3.05. The molecule has 20 heavy (non-hydrogen) atoms. The van der Waals surface area contributed by atoms with E-state index in [9.17, 15) is 4.79 Å². The van der Waals surface area contributed by atoms with Crippen molar-refractivity contribution in [1.29, 1.82) is 0 Å². The van der Waals surface area contributed by atoms with Crippen LogP contribution in [0.5, 0.6) is 0 Å². The van der Waals surface area contributed by atoms with Crippen molar-refractivity contribution in [2.45, 2.75) is 57.9 Å². The molecule has 1 fully saturated rings. The van der Waals surface area contributed by atoms with Gasteiger partial charge in [-0.1, -0.05) is 31.4 Å². The zero-order chi connectivity index (χ0) is 14.5. The molecule has 6 heteroatoms. The monoisotopic (exact) mass is 299 g/mol. The Hall–Kier alpha value is -1.10. The van der Waals surface area contributed by atoms with Crippen LogP contribution in [-0.4, -0.2) is 27.6 Å². The van der Waals surface area contributed by atoms with E-state index in [-0.39, 0.29) is 11.6 Å². The van der Waals surface area contributed by atoms with Crippen molar-refractivity contribution in [1.82, 2.24) is 15.0 Å². The van der Waals surface area contributed by atoms with E-state index < -0.39 is 5.97 Å². The highest BCUT2D eigenvalue weighted by molar-refractivity contribution is 6.17. The minimum Gasteiger partial charge on any atom is -0.461 e. The van der Waals surface area contributed by atoms with Gasteiger partial charge in [-0.3, -0.25) is 0 Å². The van der Waals surface area contributed by atoms with Crippen LogP contribution in [-0.2, 0) is 10.6 Å². The Morgan fingerprint density at radius 2 is 2.15 bits per heavy atom. The van der Waals surface area contributed by atoms with E-state index in [4.69, 9.17) is 16.3 Å². The summed E-state index contributed by atoms with van der Waals surface area (Å²) in [5.74, 6) is 0.384. The molecule has 112 valence electrons. The molecule has 2 unspecified atom stereocenters. The Labute approximate surface area is 124 Å². The topological polar surface area (TPSA) is 57.0 Å². The van der Waals surface area contributed by atoms with E-state index in [0.717, 1.165) is 12.8 Å². The molecule has 1 heterocycles. The molecule has 2 rings (SSSR count). The van der Waals surface area contributed by atoms with Crippen LogP contribution in [0, 0.1) is 5.92 Å². The molecule has 0 radical (unpaired) electrons. The maximum absolute atomic E-state index is 11.9. The fraction of sp³-hybridized carbons (Fsp3) is 0.786. The lowest BCUT2D eigenvalue weighted by Gasteiger charge is -2.31. The predicted octanol–water partition coefficient (Wildman–Crippen LogP) is 3.33. The number of hydrogen-bond acceptors (Lipinski definition) is 4. The second-order valence-corrected chi connectivity index (χ2v) is 5.47. The van der Waals surface area contributed by atoms with Gasteiger partial charge in [-0.2, -0.15) is 0 Å². The first-order chi connectivity index (χ1) is 9.72. The van der Waals surface area contributed by atoms with Crippen molar-refractivity contribution in [2.24, 2.45) is 5.92 Å². The largest absolute Gasteiger partial charge is 0.461 e. The average molecular weight is 300 g/mol. The molecular weight excluding hydrogens is 278 g/mol. The summed E-state index contributed by atoms with van der Waals surface area (Å²) in [6.45, 7) is 4.30. The first-order valence-corrected chi connectivity index (χ1v) is 7.93. The van der Waals surface area contributed by atoms with Crippen molar-refractivity contribution in [3.63, 3.8) is 0 Å². The zero-order valence-corrected chi connectivity index (χ0v) is 12.9. The van der Waals surface area contributed by atoms with Crippen LogP contribution < -0.4 is 0 Å². The standard InChI is InChI=1S/C14H22ClN3O2/c1-3-10-7-5-6-8-11(10)18-12(9-15)13(16-17-18)14(19)20-4-2/h10-11H,3-9H2,1-2H3. The molecule has 0 saturated heterocycles. The SMILES string of the molecule is CCOC(=O)c1nnn(C2CCCCC2CC)c1CCl. The van der Waals surface area contributed by atoms with Gasteiger partial charge in [0.1, 0.15) is 0 Å². The van der Waals surface area contributed by atoms with Gasteiger partial charge in [-0.05, 0) is 25.7 Å². The minimum absolute atomic E-state index is 0.230. The second-order valence-electron chi connectivity index (χ2n) is 5.20. The van der Waals surface area contributed by atoms with Crippen LogP contribution >= 0.6 is 11.6 Å². The van der Waals surface area contributed by atoms with Crippen molar-refractivity contribution >= 4 is 17.6 Å². The van der Waals surface area contributed by atoms with Gasteiger partial charge in [0, 0.05) is 0 Å². The van der Waals surface area contributed by atoms with Crippen molar-refractivity contribution < 1.29 is 9.53 Å². The Bertz CT molecular complexity index is 461. The number of hydrogen-bond donors (Lipinski definition) is 0. The first-order valence-electron chi connectivity index (χ1n) is 7.40. The molecule has 1 aromatic rings. The molecule has 0 spiro atoms. The Morgan fingerprint density at radius 3 is 2.80 bits per heavy atom. The number of esters is 1. The summed E-state index contributed by atoms with van der Waals surface area (Å²) in [4.78, 5) is 11.9. The van der Waals surface area contributed by atoms with Crippen LogP contribution in [0.3, 0.4) is 0 Å². The third kappa shape index (κ3) is 2.97. The van der Waals surface area contributed by atoms with Crippen LogP contribution in [0.1, 0.15) is 68.2 Å². The number of carbonyl (C=O) groups is 1. The first kappa shape index (κ1) is 15.3. The van der Waals surface area contributed by atoms with Crippen LogP contribution in [0.2, 0.25) is 0 Å². The number of aromatic nitrogens is 3. The summed E-state index contributed by atoms with van der Waals surface area (Å²) in [6.07, 6.45) is 5.86.